The number of aryl methyl sites for hydroxylation is 1. The Bertz CT molecular complexity index is 1270. The van der Waals surface area contributed by atoms with Crippen LogP contribution in [0.25, 0.3) is 27.1 Å². The van der Waals surface area contributed by atoms with Crippen molar-refractivity contribution in [1.82, 2.24) is 24.5 Å². The molecule has 29 heavy (non-hydrogen) atoms. The van der Waals surface area contributed by atoms with Crippen molar-refractivity contribution in [1.29, 1.82) is 0 Å². The van der Waals surface area contributed by atoms with E-state index in [2.05, 4.69) is 27.3 Å². The first-order valence-electron chi connectivity index (χ1n) is 9.60. The Hall–Kier alpha value is -2.78. The molecular formula is C20H21FN6OS. The molecule has 0 radical (unpaired) electrons. The quantitative estimate of drug-likeness (QED) is 0.560. The molecule has 1 aliphatic heterocycles. The van der Waals surface area contributed by atoms with Crippen LogP contribution in [-0.4, -0.2) is 45.3 Å². The zero-order valence-electron chi connectivity index (χ0n) is 16.2. The lowest BCUT2D eigenvalue weighted by atomic mass is 10.1. The molecule has 4 heterocycles. The lowest BCUT2D eigenvalue weighted by molar-refractivity contribution is 0.444. The van der Waals surface area contributed by atoms with Crippen LogP contribution in [0.5, 0.6) is 0 Å². The summed E-state index contributed by atoms with van der Waals surface area (Å²) in [5.41, 5.74) is 1.19. The van der Waals surface area contributed by atoms with Crippen molar-refractivity contribution in [3.05, 3.63) is 46.8 Å². The average Bonchev–Trinajstić information content (AvgIpc) is 3.31. The number of rotatable bonds is 3. The third-order valence-electron chi connectivity index (χ3n) is 5.53. The number of nitrogens with one attached hydrogen (secondary N) is 1. The van der Waals surface area contributed by atoms with Crippen molar-refractivity contribution in [3.8, 4) is 11.3 Å². The summed E-state index contributed by atoms with van der Waals surface area (Å²) < 4.78 is 17.6. The van der Waals surface area contributed by atoms with Gasteiger partial charge >= 0.3 is 0 Å². The highest BCUT2D eigenvalue weighted by Gasteiger charge is 2.21. The summed E-state index contributed by atoms with van der Waals surface area (Å²) in [5.74, 6) is -0.419. The Kier molecular flexibility index (Phi) is 4.36. The van der Waals surface area contributed by atoms with E-state index < -0.39 is 5.82 Å². The summed E-state index contributed by atoms with van der Waals surface area (Å²) in [6.45, 7) is 2.01. The molecule has 1 fully saturated rings. The summed E-state index contributed by atoms with van der Waals surface area (Å²) in [7, 11) is 3.82. The second-order valence-corrected chi connectivity index (χ2v) is 8.48. The normalized spacial score (nSPS) is 15.4. The van der Waals surface area contributed by atoms with E-state index in [1.54, 1.807) is 22.3 Å². The molecule has 3 aromatic heterocycles. The van der Waals surface area contributed by atoms with Crippen LogP contribution in [-0.2, 0) is 7.05 Å². The van der Waals surface area contributed by atoms with E-state index in [0.29, 0.717) is 33.2 Å². The number of anilines is 1. The zero-order chi connectivity index (χ0) is 20.1. The topological polar surface area (TPSA) is 67.5 Å². The molecule has 0 unspecified atom stereocenters. The summed E-state index contributed by atoms with van der Waals surface area (Å²) in [6, 6.07) is 5.12. The lowest BCUT2D eigenvalue weighted by Gasteiger charge is -2.31. The molecule has 0 bridgehead atoms. The molecular weight excluding hydrogens is 391 g/mol. The van der Waals surface area contributed by atoms with Gasteiger partial charge in [0.15, 0.2) is 10.8 Å². The van der Waals surface area contributed by atoms with Crippen LogP contribution < -0.4 is 15.8 Å². The summed E-state index contributed by atoms with van der Waals surface area (Å²) in [4.78, 5) is 20.2. The highest BCUT2D eigenvalue weighted by atomic mass is 32.1. The first kappa shape index (κ1) is 18.3. The molecule has 1 N–H and O–H groups in total. The lowest BCUT2D eigenvalue weighted by Crippen LogP contribution is -2.40. The van der Waals surface area contributed by atoms with Crippen LogP contribution in [0.2, 0.25) is 0 Å². The van der Waals surface area contributed by atoms with Crippen molar-refractivity contribution in [3.63, 3.8) is 0 Å². The number of piperidine rings is 1. The maximum absolute atomic E-state index is 14.5. The van der Waals surface area contributed by atoms with Gasteiger partial charge in [0, 0.05) is 49.5 Å². The monoisotopic (exact) mass is 412 g/mol. The maximum atomic E-state index is 14.5. The fraction of sp³-hybridized carbons (Fsp3) is 0.350. The Labute approximate surface area is 170 Å². The van der Waals surface area contributed by atoms with Crippen molar-refractivity contribution in [2.45, 2.75) is 18.9 Å². The molecule has 1 aromatic carbocycles. The highest BCUT2D eigenvalue weighted by Crippen LogP contribution is 2.30. The minimum absolute atomic E-state index is 0.169. The van der Waals surface area contributed by atoms with Crippen molar-refractivity contribution in [2.75, 3.05) is 25.0 Å². The second kappa shape index (κ2) is 6.93. The number of hydrogen-bond acceptors (Lipinski definition) is 6. The molecule has 9 heteroatoms. The van der Waals surface area contributed by atoms with Crippen molar-refractivity contribution >= 4 is 32.2 Å². The first-order valence-corrected chi connectivity index (χ1v) is 10.4. The van der Waals surface area contributed by atoms with Gasteiger partial charge in [-0.3, -0.25) is 13.9 Å². The van der Waals surface area contributed by atoms with Gasteiger partial charge in [0.25, 0.3) is 5.56 Å². The number of aromatic nitrogens is 4. The van der Waals surface area contributed by atoms with E-state index >= 15 is 0 Å². The summed E-state index contributed by atoms with van der Waals surface area (Å²) in [6.07, 6.45) is 5.75. The number of thiazole rings is 1. The highest BCUT2D eigenvalue weighted by molar-refractivity contribution is 7.20. The van der Waals surface area contributed by atoms with Gasteiger partial charge in [-0.25, -0.2) is 9.37 Å². The molecule has 5 rings (SSSR count). The van der Waals surface area contributed by atoms with Gasteiger partial charge in [0.05, 0.1) is 5.69 Å². The van der Waals surface area contributed by atoms with Crippen molar-refractivity contribution < 1.29 is 4.39 Å². The van der Waals surface area contributed by atoms with Gasteiger partial charge in [0.2, 0.25) is 0 Å². The Balaban J connectivity index is 1.57. The number of hydrogen-bond donors (Lipinski definition) is 1. The van der Waals surface area contributed by atoms with Gasteiger partial charge in [-0.15, -0.1) is 0 Å². The summed E-state index contributed by atoms with van der Waals surface area (Å²) in [5, 5.41) is 9.19. The fourth-order valence-electron chi connectivity index (χ4n) is 3.94. The first-order chi connectivity index (χ1) is 14.0. The van der Waals surface area contributed by atoms with E-state index in [9.17, 15) is 9.18 Å². The van der Waals surface area contributed by atoms with Gasteiger partial charge in [-0.05, 0) is 38.1 Å². The van der Waals surface area contributed by atoms with Gasteiger partial charge < -0.3 is 10.2 Å². The SMILES string of the molecule is CN(c1cn2c(=O)cc(-c3cc(F)c4nn(C)cc4c3)nc2s1)C1CCNCC1. The standard InChI is InChI=1S/C20H21FN6OS/c1-25-10-13-7-12(8-15(21)19(13)24-25)16-9-17(28)27-11-18(29-20(27)23-16)26(2)14-3-5-22-6-4-14/h7-11,14,22H,3-6H2,1-2H3. The minimum Gasteiger partial charge on any atom is -0.362 e. The van der Waals surface area contributed by atoms with Crippen LogP contribution in [0.15, 0.2) is 35.4 Å². The molecule has 0 atom stereocenters. The second-order valence-electron chi connectivity index (χ2n) is 7.49. The molecule has 7 nitrogen and oxygen atoms in total. The predicted octanol–water partition coefficient (Wildman–Crippen LogP) is 2.64. The molecule has 4 aromatic rings. The van der Waals surface area contributed by atoms with Gasteiger partial charge in [-0.1, -0.05) is 11.3 Å². The van der Waals surface area contributed by atoms with Crippen LogP contribution in [0.1, 0.15) is 12.8 Å². The van der Waals surface area contributed by atoms with Crippen LogP contribution in [0.4, 0.5) is 9.39 Å². The molecule has 150 valence electrons. The molecule has 0 saturated carbocycles. The van der Waals surface area contributed by atoms with Crippen molar-refractivity contribution in [2.24, 2.45) is 7.05 Å². The third-order valence-corrected chi connectivity index (χ3v) is 6.60. The Morgan fingerprint density at radius 1 is 1.24 bits per heavy atom. The molecule has 0 amide bonds. The average molecular weight is 412 g/mol. The predicted molar refractivity (Wildman–Crippen MR) is 113 cm³/mol. The number of halogens is 1. The number of benzene rings is 1. The third kappa shape index (κ3) is 3.20. The minimum atomic E-state index is -0.419. The van der Waals surface area contributed by atoms with E-state index in [-0.39, 0.29) is 5.56 Å². The number of fused-ring (bicyclic) bond motifs is 2. The van der Waals surface area contributed by atoms with E-state index in [4.69, 9.17) is 0 Å². The van der Waals surface area contributed by atoms with E-state index in [1.807, 2.05) is 12.3 Å². The maximum Gasteiger partial charge on any atom is 0.259 e. The largest absolute Gasteiger partial charge is 0.362 e. The van der Waals surface area contributed by atoms with E-state index in [0.717, 1.165) is 30.9 Å². The zero-order valence-corrected chi connectivity index (χ0v) is 17.0. The van der Waals surface area contributed by atoms with E-state index in [1.165, 1.54) is 23.5 Å². The number of nitrogens with zero attached hydrogens (tertiary/aromatic N) is 5. The van der Waals surface area contributed by atoms with Crippen LogP contribution in [0.3, 0.4) is 0 Å². The summed E-state index contributed by atoms with van der Waals surface area (Å²) >= 11 is 1.48. The smallest absolute Gasteiger partial charge is 0.259 e. The molecule has 1 saturated heterocycles. The molecule has 0 aliphatic carbocycles. The van der Waals surface area contributed by atoms with Crippen LogP contribution >= 0.6 is 11.3 Å². The Morgan fingerprint density at radius 2 is 2.03 bits per heavy atom. The Morgan fingerprint density at radius 3 is 2.83 bits per heavy atom. The fourth-order valence-corrected chi connectivity index (χ4v) is 4.96. The van der Waals surface area contributed by atoms with Gasteiger partial charge in [0.1, 0.15) is 10.5 Å². The van der Waals surface area contributed by atoms with Gasteiger partial charge in [-0.2, -0.15) is 5.10 Å². The molecule has 0 spiro atoms. The molecule has 1 aliphatic rings. The van der Waals surface area contributed by atoms with Crippen LogP contribution in [0, 0.1) is 5.82 Å².